The molecule has 5 amide bonds. The molecule has 0 saturated carbocycles. The van der Waals surface area contributed by atoms with Crippen molar-refractivity contribution in [1.82, 2.24) is 15.2 Å². The Morgan fingerprint density at radius 3 is 2.64 bits per heavy atom. The number of nitrogens with zero attached hydrogens (tertiary/aromatic N) is 3. The van der Waals surface area contributed by atoms with Crippen LogP contribution in [0, 0.1) is 5.92 Å². The van der Waals surface area contributed by atoms with Gasteiger partial charge in [-0.2, -0.15) is 0 Å². The largest absolute Gasteiger partial charge is 0.369 e. The molecule has 0 aliphatic carbocycles. The lowest BCUT2D eigenvalue weighted by Gasteiger charge is -2.32. The maximum Gasteiger partial charge on any atom is 0.325 e. The topological polar surface area (TPSA) is 138 Å². The van der Waals surface area contributed by atoms with Crippen LogP contribution in [-0.4, -0.2) is 53.3 Å². The molecule has 1 aromatic heterocycles. The van der Waals surface area contributed by atoms with Crippen LogP contribution in [0.5, 0.6) is 0 Å². The number of carbonyl (C=O) groups is 4. The third-order valence-corrected chi connectivity index (χ3v) is 6.11. The van der Waals surface area contributed by atoms with E-state index in [1.54, 1.807) is 43.3 Å². The Balaban J connectivity index is 1.37. The molecule has 2 saturated heterocycles. The minimum absolute atomic E-state index is 0.203. The van der Waals surface area contributed by atoms with E-state index in [0.717, 1.165) is 24.3 Å². The van der Waals surface area contributed by atoms with E-state index in [-0.39, 0.29) is 11.8 Å². The van der Waals surface area contributed by atoms with Crippen LogP contribution in [-0.2, 0) is 19.9 Å². The number of nitrogens with two attached hydrogens (primary N) is 1. The lowest BCUT2D eigenvalue weighted by atomic mass is 9.92. The zero-order valence-electron chi connectivity index (χ0n) is 18.3. The maximum absolute atomic E-state index is 12.9. The Morgan fingerprint density at radius 1 is 1.21 bits per heavy atom. The summed E-state index contributed by atoms with van der Waals surface area (Å²) in [5.74, 6) is -0.835. The molecule has 33 heavy (non-hydrogen) atoms. The molecule has 0 radical (unpaired) electrons. The molecule has 2 atom stereocenters. The van der Waals surface area contributed by atoms with Gasteiger partial charge in [-0.05, 0) is 37.5 Å². The Bertz CT molecular complexity index is 1070. The maximum atomic E-state index is 12.9. The first-order chi connectivity index (χ1) is 15.8. The van der Waals surface area contributed by atoms with Crippen molar-refractivity contribution < 1.29 is 19.2 Å². The van der Waals surface area contributed by atoms with E-state index in [4.69, 9.17) is 5.73 Å². The zero-order valence-corrected chi connectivity index (χ0v) is 18.3. The number of hydrogen-bond donors (Lipinski definition) is 3. The van der Waals surface area contributed by atoms with E-state index in [2.05, 4.69) is 15.6 Å². The third-order valence-electron chi connectivity index (χ3n) is 6.11. The average Bonchev–Trinajstić information content (AvgIpc) is 3.04. The second kappa shape index (κ2) is 8.89. The summed E-state index contributed by atoms with van der Waals surface area (Å²) >= 11 is 0. The van der Waals surface area contributed by atoms with Gasteiger partial charge in [0.25, 0.3) is 5.91 Å². The molecule has 3 heterocycles. The minimum Gasteiger partial charge on any atom is -0.369 e. The van der Waals surface area contributed by atoms with E-state index in [1.807, 2.05) is 11.0 Å². The van der Waals surface area contributed by atoms with E-state index in [9.17, 15) is 19.2 Å². The first-order valence-electron chi connectivity index (χ1n) is 10.8. The van der Waals surface area contributed by atoms with E-state index in [1.165, 1.54) is 6.20 Å². The van der Waals surface area contributed by atoms with Crippen molar-refractivity contribution in [2.45, 2.75) is 25.3 Å². The number of amides is 5. The number of pyridine rings is 1. The van der Waals surface area contributed by atoms with Gasteiger partial charge in [0.1, 0.15) is 17.9 Å². The molecule has 2 aromatic rings. The number of imide groups is 1. The summed E-state index contributed by atoms with van der Waals surface area (Å²) in [6.45, 7) is 2.49. The summed E-state index contributed by atoms with van der Waals surface area (Å²) in [4.78, 5) is 56.6. The van der Waals surface area contributed by atoms with Crippen LogP contribution in [0.3, 0.4) is 0 Å². The Labute approximate surface area is 191 Å². The van der Waals surface area contributed by atoms with Gasteiger partial charge in [-0.3, -0.25) is 19.3 Å². The van der Waals surface area contributed by atoms with Crippen LogP contribution in [0.1, 0.15) is 25.3 Å². The second-order valence-electron chi connectivity index (χ2n) is 8.45. The number of urea groups is 1. The van der Waals surface area contributed by atoms with Crippen molar-refractivity contribution in [2.24, 2.45) is 11.7 Å². The molecule has 0 bridgehead atoms. The average molecular weight is 450 g/mol. The quantitative estimate of drug-likeness (QED) is 0.565. The minimum atomic E-state index is -1.22. The van der Waals surface area contributed by atoms with Crippen molar-refractivity contribution in [2.75, 3.05) is 29.9 Å². The van der Waals surface area contributed by atoms with Crippen LogP contribution in [0.25, 0.3) is 0 Å². The van der Waals surface area contributed by atoms with Gasteiger partial charge in [-0.25, -0.2) is 9.78 Å². The molecule has 4 N–H and O–H groups in total. The normalized spacial score (nSPS) is 22.8. The van der Waals surface area contributed by atoms with Crippen LogP contribution in [0.15, 0.2) is 48.7 Å². The van der Waals surface area contributed by atoms with Gasteiger partial charge in [-0.15, -0.1) is 0 Å². The number of aromatic nitrogens is 1. The van der Waals surface area contributed by atoms with Gasteiger partial charge in [0.2, 0.25) is 11.8 Å². The summed E-state index contributed by atoms with van der Waals surface area (Å²) < 4.78 is 0. The summed E-state index contributed by atoms with van der Waals surface area (Å²) in [6, 6.07) is 11.7. The molecule has 2 aliphatic rings. The smallest absolute Gasteiger partial charge is 0.325 e. The van der Waals surface area contributed by atoms with Gasteiger partial charge in [0.15, 0.2) is 0 Å². The Kier molecular flexibility index (Phi) is 5.99. The number of benzene rings is 1. The predicted molar refractivity (Wildman–Crippen MR) is 121 cm³/mol. The Hall–Kier alpha value is -3.95. The lowest BCUT2D eigenvalue weighted by molar-refractivity contribution is -0.133. The third kappa shape index (κ3) is 4.50. The van der Waals surface area contributed by atoms with Crippen molar-refractivity contribution in [1.29, 1.82) is 0 Å². The van der Waals surface area contributed by atoms with Crippen LogP contribution in [0.2, 0.25) is 0 Å². The van der Waals surface area contributed by atoms with Crippen LogP contribution >= 0.6 is 0 Å². The van der Waals surface area contributed by atoms with Crippen molar-refractivity contribution in [3.8, 4) is 0 Å². The fourth-order valence-electron chi connectivity index (χ4n) is 4.22. The molecular weight excluding hydrogens is 424 g/mol. The number of primary amides is 1. The molecule has 2 fully saturated rings. The number of nitrogens with one attached hydrogen (secondary N) is 2. The number of piperidine rings is 1. The fraction of sp³-hybridized carbons (Fsp3) is 0.348. The molecule has 0 spiro atoms. The van der Waals surface area contributed by atoms with Gasteiger partial charge in [0.05, 0.1) is 17.8 Å². The Morgan fingerprint density at radius 2 is 1.97 bits per heavy atom. The predicted octanol–water partition coefficient (Wildman–Crippen LogP) is 1.19. The molecule has 10 heteroatoms. The SMILES string of the molecule is CC1(c2ccccc2)NC(=O)N(CC(=O)Nc2ccc(N3CCCC(C(N)=O)C3)nc2)C1=O. The first-order valence-corrected chi connectivity index (χ1v) is 10.8. The van der Waals surface area contributed by atoms with E-state index >= 15 is 0 Å². The molecule has 4 rings (SSSR count). The number of hydrogen-bond acceptors (Lipinski definition) is 6. The highest BCUT2D eigenvalue weighted by Crippen LogP contribution is 2.28. The molecular formula is C23H26N6O4. The molecule has 1 aromatic carbocycles. The lowest BCUT2D eigenvalue weighted by Crippen LogP contribution is -2.42. The van der Waals surface area contributed by atoms with Crippen molar-refractivity contribution in [3.05, 3.63) is 54.2 Å². The molecule has 10 nitrogen and oxygen atoms in total. The van der Waals surface area contributed by atoms with Gasteiger partial charge >= 0.3 is 6.03 Å². The summed E-state index contributed by atoms with van der Waals surface area (Å²) in [5, 5.41) is 5.34. The monoisotopic (exact) mass is 450 g/mol. The highest BCUT2D eigenvalue weighted by atomic mass is 16.2. The molecule has 172 valence electrons. The van der Waals surface area contributed by atoms with E-state index < -0.39 is 29.9 Å². The number of carbonyl (C=O) groups excluding carboxylic acids is 4. The van der Waals surface area contributed by atoms with Gasteiger partial charge < -0.3 is 21.3 Å². The fourth-order valence-corrected chi connectivity index (χ4v) is 4.22. The van der Waals surface area contributed by atoms with Gasteiger partial charge in [0, 0.05) is 13.1 Å². The first kappa shape index (κ1) is 22.3. The van der Waals surface area contributed by atoms with Gasteiger partial charge in [-0.1, -0.05) is 30.3 Å². The highest BCUT2D eigenvalue weighted by molar-refractivity contribution is 6.10. The standard InChI is InChI=1S/C23H26N6O4/c1-23(16-7-3-2-4-8-16)21(32)29(22(33)27-23)14-19(30)26-17-9-10-18(25-12-17)28-11-5-6-15(13-28)20(24)31/h2-4,7-10,12,15H,5-6,11,13-14H2,1H3,(H2,24,31)(H,26,30)(H,27,33). The molecule has 2 aliphatic heterocycles. The van der Waals surface area contributed by atoms with Crippen LogP contribution in [0.4, 0.5) is 16.3 Å². The van der Waals surface area contributed by atoms with Crippen molar-refractivity contribution >= 4 is 35.3 Å². The van der Waals surface area contributed by atoms with E-state index in [0.29, 0.717) is 23.6 Å². The van der Waals surface area contributed by atoms with Crippen molar-refractivity contribution in [3.63, 3.8) is 0 Å². The summed E-state index contributed by atoms with van der Waals surface area (Å²) in [6.07, 6.45) is 3.12. The summed E-state index contributed by atoms with van der Waals surface area (Å²) in [7, 11) is 0. The van der Waals surface area contributed by atoms with Crippen LogP contribution < -0.4 is 21.3 Å². The highest BCUT2D eigenvalue weighted by Gasteiger charge is 2.49. The zero-order chi connectivity index (χ0) is 23.6. The number of rotatable bonds is 6. The summed E-state index contributed by atoms with van der Waals surface area (Å²) in [5.41, 5.74) is 5.29. The molecule has 2 unspecified atom stereocenters. The second-order valence-corrected chi connectivity index (χ2v) is 8.45. The number of anilines is 2.